The molecule has 3 heterocycles. The second-order valence-corrected chi connectivity index (χ2v) is 14.6. The molecule has 12 heteroatoms. The minimum absolute atomic E-state index is 0.0492. The van der Waals surface area contributed by atoms with Crippen molar-refractivity contribution in [3.05, 3.63) is 161 Å². The van der Waals surface area contributed by atoms with E-state index < -0.39 is 24.3 Å². The molecule has 0 radical (unpaired) electrons. The number of amides is 3. The summed E-state index contributed by atoms with van der Waals surface area (Å²) in [4.78, 5) is 39.8. The van der Waals surface area contributed by atoms with E-state index in [0.29, 0.717) is 10.8 Å². The van der Waals surface area contributed by atoms with Gasteiger partial charge in [-0.3, -0.25) is 14.5 Å². The molecule has 2 fully saturated rings. The van der Waals surface area contributed by atoms with Gasteiger partial charge in [0.1, 0.15) is 12.6 Å². The summed E-state index contributed by atoms with van der Waals surface area (Å²) in [6.45, 7) is 2.13. The number of pyridine rings is 1. The molecule has 1 unspecified atom stereocenters. The van der Waals surface area contributed by atoms with E-state index in [1.54, 1.807) is 12.1 Å². The Hall–Kier alpha value is -5.53. The summed E-state index contributed by atoms with van der Waals surface area (Å²) in [6, 6.07) is 36.7. The molecule has 2 N–H and O–H groups in total. The van der Waals surface area contributed by atoms with E-state index in [9.17, 15) is 24.7 Å². The van der Waals surface area contributed by atoms with Gasteiger partial charge in [0.25, 0.3) is 10.9 Å². The third-order valence-electron chi connectivity index (χ3n) is 9.82. The Labute approximate surface area is 323 Å². The lowest BCUT2D eigenvalue weighted by Crippen LogP contribution is -2.41. The average Bonchev–Trinajstić information content (AvgIpc) is 3.47. The van der Waals surface area contributed by atoms with Gasteiger partial charge in [0, 0.05) is 29.4 Å². The largest absolute Gasteiger partial charge is 0.618 e. The van der Waals surface area contributed by atoms with Crippen LogP contribution < -0.4 is 10.0 Å². The number of aromatic nitrogens is 1. The maximum Gasteiger partial charge on any atom is 0.408 e. The molecule has 7 rings (SSSR count). The number of hydrogen-bond acceptors (Lipinski definition) is 9. The number of aliphatic hydroxyl groups is 1. The third-order valence-corrected chi connectivity index (χ3v) is 10.9. The molecule has 3 amide bonds. The zero-order chi connectivity index (χ0) is 38.3. The van der Waals surface area contributed by atoms with Crippen molar-refractivity contribution in [2.75, 3.05) is 5.75 Å². The van der Waals surface area contributed by atoms with Gasteiger partial charge in [-0.1, -0.05) is 110 Å². The van der Waals surface area contributed by atoms with Gasteiger partial charge in [-0.25, -0.2) is 4.79 Å². The van der Waals surface area contributed by atoms with Crippen molar-refractivity contribution in [1.82, 2.24) is 10.2 Å². The van der Waals surface area contributed by atoms with Crippen molar-refractivity contribution < 1.29 is 38.4 Å². The number of carbonyl (C=O) groups excluding carboxylic acids is 3. The van der Waals surface area contributed by atoms with Crippen LogP contribution in [0.15, 0.2) is 133 Å². The van der Waals surface area contributed by atoms with E-state index in [1.165, 1.54) is 18.0 Å². The number of hydrogen-bond donors (Lipinski definition) is 2. The highest BCUT2D eigenvalue weighted by Gasteiger charge is 2.40. The SMILES string of the molecule is C[C@@H]1[C@H](CSc2cccc[n+]2[O-])O[C@H](c2cccc(-c3cccc(CN4C(=O)CC(NC(=O)OCc5ccccc5)C4=O)c3)c2)O[C@@H]1c1ccc(CO)cc1. The van der Waals surface area contributed by atoms with Crippen LogP contribution in [0.3, 0.4) is 0 Å². The molecule has 2 aliphatic rings. The fraction of sp³-hybridized carbons (Fsp3) is 0.256. The van der Waals surface area contributed by atoms with Crippen molar-refractivity contribution in [3.63, 3.8) is 0 Å². The van der Waals surface area contributed by atoms with Crippen molar-refractivity contribution >= 4 is 29.7 Å². The van der Waals surface area contributed by atoms with E-state index in [0.717, 1.165) is 48.6 Å². The number of ether oxygens (including phenoxy) is 3. The van der Waals surface area contributed by atoms with Crippen LogP contribution in [0.4, 0.5) is 4.79 Å². The monoisotopic (exact) mass is 759 g/mol. The van der Waals surface area contributed by atoms with E-state index in [2.05, 4.69) is 12.2 Å². The van der Waals surface area contributed by atoms with Crippen molar-refractivity contribution in [2.24, 2.45) is 5.92 Å². The molecule has 11 nitrogen and oxygen atoms in total. The van der Waals surface area contributed by atoms with Crippen LogP contribution in [0.5, 0.6) is 0 Å². The fourth-order valence-corrected chi connectivity index (χ4v) is 7.85. The minimum Gasteiger partial charge on any atom is -0.618 e. The molecular formula is C43H41N3O8S. The Morgan fingerprint density at radius 3 is 2.36 bits per heavy atom. The van der Waals surface area contributed by atoms with Crippen molar-refractivity contribution in [2.45, 2.75) is 62.7 Å². The number of rotatable bonds is 12. The van der Waals surface area contributed by atoms with Crippen molar-refractivity contribution in [3.8, 4) is 11.1 Å². The summed E-state index contributed by atoms with van der Waals surface area (Å²) >= 11 is 1.43. The number of benzene rings is 4. The Bertz CT molecular complexity index is 2130. The summed E-state index contributed by atoms with van der Waals surface area (Å²) in [5, 5.41) is 25.1. The quantitative estimate of drug-likeness (QED) is 0.0622. The molecule has 282 valence electrons. The summed E-state index contributed by atoms with van der Waals surface area (Å²) < 4.78 is 19.4. The highest BCUT2D eigenvalue weighted by molar-refractivity contribution is 7.99. The highest BCUT2D eigenvalue weighted by atomic mass is 32.2. The molecule has 0 bridgehead atoms. The zero-order valence-corrected chi connectivity index (χ0v) is 31.0. The van der Waals surface area contributed by atoms with Gasteiger partial charge in [-0.15, -0.1) is 0 Å². The second kappa shape index (κ2) is 17.3. The number of nitrogens with zero attached hydrogens (tertiary/aromatic N) is 2. The van der Waals surface area contributed by atoms with Crippen molar-refractivity contribution in [1.29, 1.82) is 0 Å². The van der Waals surface area contributed by atoms with E-state index in [4.69, 9.17) is 14.2 Å². The summed E-state index contributed by atoms with van der Waals surface area (Å²) in [7, 11) is 0. The Kier molecular flexibility index (Phi) is 11.9. The number of imide groups is 1. The highest BCUT2D eigenvalue weighted by Crippen LogP contribution is 2.43. The molecule has 5 aromatic rings. The minimum atomic E-state index is -0.999. The predicted molar refractivity (Wildman–Crippen MR) is 205 cm³/mol. The van der Waals surface area contributed by atoms with Crippen LogP contribution in [0.25, 0.3) is 11.1 Å². The number of aliphatic hydroxyl groups excluding tert-OH is 1. The molecule has 4 aromatic carbocycles. The van der Waals surface area contributed by atoms with Gasteiger partial charge in [-0.2, -0.15) is 4.73 Å². The van der Waals surface area contributed by atoms with Gasteiger partial charge in [0.2, 0.25) is 5.91 Å². The maximum absolute atomic E-state index is 13.2. The van der Waals surface area contributed by atoms with Crippen LogP contribution in [0, 0.1) is 11.1 Å². The Balaban J connectivity index is 1.05. The molecule has 5 atom stereocenters. The molecule has 0 saturated carbocycles. The van der Waals surface area contributed by atoms with Gasteiger partial charge in [0.15, 0.2) is 12.5 Å². The van der Waals surface area contributed by atoms with Crippen LogP contribution >= 0.6 is 11.8 Å². The van der Waals surface area contributed by atoms with E-state index in [1.807, 2.05) is 109 Å². The standard InChI is InChI=1S/C43H41N3O8S/c1-28-37(27-55-39-15-5-6-20-46(39)51)53-42(54-40(28)32-18-16-29(25-47)17-19-32)35-14-8-13-34(22-35)33-12-7-11-31(21-33)24-45-38(48)23-36(41(45)49)44-43(50)52-26-30-9-3-2-4-10-30/h2-22,28,36-37,40,42,47H,23-27H2,1H3,(H,44,50)/t28-,36?,37+,40+,42+/m1/s1. The first kappa shape index (κ1) is 37.8. The lowest BCUT2D eigenvalue weighted by Gasteiger charge is -2.41. The lowest BCUT2D eigenvalue weighted by molar-refractivity contribution is -0.645. The maximum atomic E-state index is 13.2. The predicted octanol–water partition coefficient (Wildman–Crippen LogP) is 6.62. The smallest absolute Gasteiger partial charge is 0.408 e. The molecular weight excluding hydrogens is 719 g/mol. The molecule has 1 aromatic heterocycles. The lowest BCUT2D eigenvalue weighted by atomic mass is 9.91. The number of likely N-dealkylation sites (tertiary alicyclic amines) is 1. The topological polar surface area (TPSA) is 141 Å². The van der Waals surface area contributed by atoms with Crippen LogP contribution in [-0.4, -0.2) is 45.8 Å². The average molecular weight is 760 g/mol. The van der Waals surface area contributed by atoms with Gasteiger partial charge < -0.3 is 29.8 Å². The normalized spacial score (nSPS) is 21.1. The zero-order valence-electron chi connectivity index (χ0n) is 30.2. The summed E-state index contributed by atoms with van der Waals surface area (Å²) in [6.07, 6.45) is -0.729. The molecule has 0 aliphatic carbocycles. The second-order valence-electron chi connectivity index (χ2n) is 13.6. The van der Waals surface area contributed by atoms with Gasteiger partial charge >= 0.3 is 6.09 Å². The molecule has 2 saturated heterocycles. The third kappa shape index (κ3) is 9.06. The molecule has 0 spiro atoms. The van der Waals surface area contributed by atoms with Crippen LogP contribution in [0.2, 0.25) is 0 Å². The number of alkyl carbamates (subject to hydrolysis) is 1. The number of nitrogens with one attached hydrogen (secondary N) is 1. The molecule has 2 aliphatic heterocycles. The first-order valence-electron chi connectivity index (χ1n) is 18.1. The Morgan fingerprint density at radius 1 is 0.873 bits per heavy atom. The first-order valence-corrected chi connectivity index (χ1v) is 19.1. The first-order chi connectivity index (χ1) is 26.7. The van der Waals surface area contributed by atoms with E-state index in [-0.39, 0.29) is 50.2 Å². The van der Waals surface area contributed by atoms with E-state index >= 15 is 0 Å². The summed E-state index contributed by atoms with van der Waals surface area (Å²) in [5.41, 5.74) is 5.88. The van der Waals surface area contributed by atoms with Crippen LogP contribution in [-0.2, 0) is 43.6 Å². The molecule has 55 heavy (non-hydrogen) atoms. The van der Waals surface area contributed by atoms with Gasteiger partial charge in [0.05, 0.1) is 31.8 Å². The summed E-state index contributed by atoms with van der Waals surface area (Å²) in [5.74, 6) is -0.393. The number of carbonyl (C=O) groups is 3. The van der Waals surface area contributed by atoms with Crippen LogP contribution in [0.1, 0.15) is 53.6 Å². The van der Waals surface area contributed by atoms with Gasteiger partial charge in [-0.05, 0) is 51.6 Å². The Morgan fingerprint density at radius 2 is 1.60 bits per heavy atom. The fourth-order valence-electron chi connectivity index (χ4n) is 6.77. The number of thioether (sulfide) groups is 1.